The molecule has 1 unspecified atom stereocenters. The Labute approximate surface area is 282 Å². The number of hydrogen-bond donors (Lipinski definition) is 4. The second kappa shape index (κ2) is 15.9. The van der Waals surface area contributed by atoms with Gasteiger partial charge in [0.05, 0.1) is 18.3 Å². The van der Waals surface area contributed by atoms with Crippen LogP contribution in [0.4, 0.5) is 10.1 Å². The Bertz CT molecular complexity index is 1420. The number of carbonyl (C=O) groups is 3. The van der Waals surface area contributed by atoms with Crippen LogP contribution in [0.1, 0.15) is 74.8 Å². The molecule has 1 aromatic carbocycles. The highest BCUT2D eigenvalue weighted by atomic mass is 19.1. The lowest BCUT2D eigenvalue weighted by Gasteiger charge is -2.44. The van der Waals surface area contributed by atoms with Crippen molar-refractivity contribution in [2.24, 2.45) is 17.8 Å². The number of nitrogens with one attached hydrogen (secondary N) is 3. The molecule has 2 saturated carbocycles. The molecule has 3 fully saturated rings. The summed E-state index contributed by atoms with van der Waals surface area (Å²) in [6, 6.07) is 4.77. The molecule has 0 radical (unpaired) electrons. The van der Waals surface area contributed by atoms with Crippen LogP contribution in [-0.4, -0.2) is 107 Å². The van der Waals surface area contributed by atoms with Crippen molar-refractivity contribution < 1.29 is 28.6 Å². The van der Waals surface area contributed by atoms with Crippen LogP contribution in [0.15, 0.2) is 30.5 Å². The van der Waals surface area contributed by atoms with Crippen molar-refractivity contribution >= 4 is 23.4 Å². The minimum atomic E-state index is -1.01. The molecule has 1 aliphatic heterocycles. The number of nitrogens with zero attached hydrogens (tertiary/aromatic N) is 4. The fraction of sp³-hybridized carbons (Fsp3) is 0.657. The van der Waals surface area contributed by atoms with E-state index in [0.29, 0.717) is 49.3 Å². The molecule has 5 atom stereocenters. The first-order valence-electron chi connectivity index (χ1n) is 17.4. The van der Waals surface area contributed by atoms with Gasteiger partial charge in [0.1, 0.15) is 23.8 Å². The molecule has 3 aliphatic rings. The Hall–Kier alpha value is -3.39. The number of hydrogen-bond acceptors (Lipinski definition) is 8. The fourth-order valence-electron chi connectivity index (χ4n) is 7.11. The van der Waals surface area contributed by atoms with Crippen molar-refractivity contribution in [1.82, 2.24) is 30.2 Å². The van der Waals surface area contributed by atoms with Gasteiger partial charge in [0, 0.05) is 57.9 Å². The first kappa shape index (κ1) is 35.9. The van der Waals surface area contributed by atoms with Crippen LogP contribution in [0.25, 0.3) is 0 Å². The quantitative estimate of drug-likeness (QED) is 0.214. The number of amides is 3. The van der Waals surface area contributed by atoms with Gasteiger partial charge in [-0.05, 0) is 81.2 Å². The molecular formula is C35H52FN7O5. The summed E-state index contributed by atoms with van der Waals surface area (Å²) in [5, 5.41) is 24.5. The van der Waals surface area contributed by atoms with E-state index in [0.717, 1.165) is 32.2 Å². The maximum absolute atomic E-state index is 15.8. The molecule has 0 spiro atoms. The normalized spacial score (nSPS) is 21.4. The third kappa shape index (κ3) is 8.42. The molecule has 0 bridgehead atoms. The Morgan fingerprint density at radius 1 is 1.08 bits per heavy atom. The summed E-state index contributed by atoms with van der Waals surface area (Å²) >= 11 is 0. The van der Waals surface area contributed by atoms with Gasteiger partial charge in [-0.15, -0.1) is 0 Å². The zero-order valence-corrected chi connectivity index (χ0v) is 28.8. The number of methoxy groups -OCH3 is 1. The topological polar surface area (TPSA) is 141 Å². The molecule has 1 saturated heterocycles. The van der Waals surface area contributed by atoms with Crippen molar-refractivity contribution in [2.45, 2.75) is 89.7 Å². The molecule has 12 nitrogen and oxygen atoms in total. The number of aliphatic hydroxyl groups excluding tert-OH is 1. The SMILES string of the molecule is CCC(=O)N[C@@H](C(O)N1CCN(C)[C@H](COC)C1)[C@@H](C)c1ccc(NC(=O)[C@@H](NC(=O)c2ccnn2CC)C(C2CC2)C2CC2)c(F)c1. The average molecular weight is 670 g/mol. The molecule has 5 rings (SSSR count). The lowest BCUT2D eigenvalue weighted by atomic mass is 9.88. The van der Waals surface area contributed by atoms with Crippen LogP contribution in [0.3, 0.4) is 0 Å². The molecule has 48 heavy (non-hydrogen) atoms. The van der Waals surface area contributed by atoms with Gasteiger partial charge in [-0.25, -0.2) is 4.39 Å². The number of aryl methyl sites for hydroxylation is 1. The number of anilines is 1. The summed E-state index contributed by atoms with van der Waals surface area (Å²) in [6.45, 7) is 8.39. The predicted octanol–water partition coefficient (Wildman–Crippen LogP) is 2.79. The number of likely N-dealkylation sites (N-methyl/N-ethyl adjacent to an activating group) is 1. The van der Waals surface area contributed by atoms with E-state index in [2.05, 4.69) is 25.9 Å². The minimum absolute atomic E-state index is 0.00955. The smallest absolute Gasteiger partial charge is 0.270 e. The molecule has 2 aromatic rings. The van der Waals surface area contributed by atoms with Crippen LogP contribution in [-0.2, 0) is 20.9 Å². The third-order valence-electron chi connectivity index (χ3n) is 10.4. The van der Waals surface area contributed by atoms with Crippen molar-refractivity contribution in [1.29, 1.82) is 0 Å². The summed E-state index contributed by atoms with van der Waals surface area (Å²) in [7, 11) is 3.67. The Balaban J connectivity index is 1.33. The van der Waals surface area contributed by atoms with Gasteiger partial charge >= 0.3 is 0 Å². The number of aromatic nitrogens is 2. The summed E-state index contributed by atoms with van der Waals surface area (Å²) in [6.07, 6.45) is 4.83. The monoisotopic (exact) mass is 669 g/mol. The number of carbonyl (C=O) groups excluding carboxylic acids is 3. The molecule has 4 N–H and O–H groups in total. The second-order valence-corrected chi connectivity index (χ2v) is 13.7. The number of aliphatic hydroxyl groups is 1. The van der Waals surface area contributed by atoms with Crippen molar-refractivity contribution in [3.05, 3.63) is 47.5 Å². The van der Waals surface area contributed by atoms with E-state index in [1.54, 1.807) is 37.0 Å². The zero-order valence-electron chi connectivity index (χ0n) is 28.8. The summed E-state index contributed by atoms with van der Waals surface area (Å²) < 4.78 is 22.8. The highest BCUT2D eigenvalue weighted by molar-refractivity contribution is 6.00. The van der Waals surface area contributed by atoms with E-state index in [9.17, 15) is 19.5 Å². The van der Waals surface area contributed by atoms with Crippen molar-refractivity contribution in [2.75, 3.05) is 45.7 Å². The van der Waals surface area contributed by atoms with Gasteiger partial charge in [-0.2, -0.15) is 5.10 Å². The molecular weight excluding hydrogens is 617 g/mol. The highest BCUT2D eigenvalue weighted by Crippen LogP contribution is 2.51. The number of halogens is 1. The van der Waals surface area contributed by atoms with Crippen molar-refractivity contribution in [3.8, 4) is 0 Å². The van der Waals surface area contributed by atoms with E-state index < -0.39 is 36.0 Å². The molecule has 264 valence electrons. The molecule has 13 heteroatoms. The van der Waals surface area contributed by atoms with Crippen LogP contribution < -0.4 is 16.0 Å². The van der Waals surface area contributed by atoms with Gasteiger partial charge in [-0.3, -0.25) is 28.9 Å². The number of piperazine rings is 1. The average Bonchev–Trinajstić information content (AvgIpc) is 4.03. The van der Waals surface area contributed by atoms with Gasteiger partial charge in [-0.1, -0.05) is 19.9 Å². The third-order valence-corrected chi connectivity index (χ3v) is 10.4. The van der Waals surface area contributed by atoms with Crippen molar-refractivity contribution in [3.63, 3.8) is 0 Å². The van der Waals surface area contributed by atoms with E-state index in [-0.39, 0.29) is 35.9 Å². The van der Waals surface area contributed by atoms with E-state index in [4.69, 9.17) is 4.74 Å². The van der Waals surface area contributed by atoms with Crippen LogP contribution in [0.2, 0.25) is 0 Å². The largest absolute Gasteiger partial charge is 0.383 e. The van der Waals surface area contributed by atoms with Gasteiger partial charge in [0.2, 0.25) is 11.8 Å². The minimum Gasteiger partial charge on any atom is -0.383 e. The Morgan fingerprint density at radius 2 is 1.79 bits per heavy atom. The number of benzene rings is 1. The zero-order chi connectivity index (χ0) is 34.5. The lowest BCUT2D eigenvalue weighted by molar-refractivity contribution is -0.125. The summed E-state index contributed by atoms with van der Waals surface area (Å²) in [4.78, 5) is 43.9. The molecule has 3 amide bonds. The second-order valence-electron chi connectivity index (χ2n) is 13.7. The van der Waals surface area contributed by atoms with Crippen LogP contribution in [0.5, 0.6) is 0 Å². The number of ether oxygens (including phenoxy) is 1. The standard InChI is InChI=1S/C35H52FN7O5/c1-6-29(44)39-31(35(47)42-17-16-41(4)25(19-42)20-48-5)21(3)24-12-13-27(26(36)18-24)38-34(46)32(30(22-8-9-22)23-10-11-23)40-33(45)28-14-15-37-43(28)7-2/h12-15,18,21-23,25,30-32,35,47H,6-11,16-17,19-20H2,1-5H3,(H,38,46)(H,39,44)(H,40,45)/t21-,25-,31+,32-,35?/m0/s1. The summed E-state index contributed by atoms with van der Waals surface area (Å²) in [5.74, 6) is -1.44. The van der Waals surface area contributed by atoms with Crippen LogP contribution in [0, 0.1) is 23.6 Å². The first-order chi connectivity index (χ1) is 23.1. The lowest BCUT2D eigenvalue weighted by Crippen LogP contribution is -2.61. The molecule has 2 heterocycles. The van der Waals surface area contributed by atoms with Gasteiger partial charge in [0.15, 0.2) is 0 Å². The maximum atomic E-state index is 15.8. The highest BCUT2D eigenvalue weighted by Gasteiger charge is 2.48. The fourth-order valence-corrected chi connectivity index (χ4v) is 7.11. The van der Waals surface area contributed by atoms with Gasteiger partial charge in [0.25, 0.3) is 5.91 Å². The maximum Gasteiger partial charge on any atom is 0.270 e. The number of rotatable bonds is 16. The Kier molecular flexibility index (Phi) is 11.9. The summed E-state index contributed by atoms with van der Waals surface area (Å²) in [5.41, 5.74) is 0.957. The van der Waals surface area contributed by atoms with E-state index in [1.165, 1.54) is 12.1 Å². The van der Waals surface area contributed by atoms with Gasteiger partial charge < -0.3 is 25.8 Å². The predicted molar refractivity (Wildman–Crippen MR) is 180 cm³/mol. The van der Waals surface area contributed by atoms with E-state index >= 15 is 4.39 Å². The Morgan fingerprint density at radius 3 is 2.40 bits per heavy atom. The first-order valence-corrected chi connectivity index (χ1v) is 17.4. The molecule has 2 aliphatic carbocycles. The van der Waals surface area contributed by atoms with Crippen LogP contribution >= 0.6 is 0 Å². The van der Waals surface area contributed by atoms with E-state index in [1.807, 2.05) is 25.8 Å². The molecule has 1 aromatic heterocycles.